The lowest BCUT2D eigenvalue weighted by Gasteiger charge is -2.34. The van der Waals surface area contributed by atoms with E-state index in [1.807, 2.05) is 24.0 Å². The molecule has 4 rings (SSSR count). The molecule has 1 aromatic carbocycles. The maximum Gasteiger partial charge on any atom is 0.317 e. The van der Waals surface area contributed by atoms with Gasteiger partial charge in [0.2, 0.25) is 6.79 Å². The minimum atomic E-state index is -0.0390. The number of piperazine rings is 1. The Kier molecular flexibility index (Phi) is 5.06. The van der Waals surface area contributed by atoms with E-state index in [0.29, 0.717) is 13.1 Å². The van der Waals surface area contributed by atoms with Gasteiger partial charge in [0.25, 0.3) is 5.91 Å². The van der Waals surface area contributed by atoms with Crippen molar-refractivity contribution in [1.82, 2.24) is 19.8 Å². The summed E-state index contributed by atoms with van der Waals surface area (Å²) in [4.78, 5) is 24.6. The normalized spacial score (nSPS) is 16.4. The van der Waals surface area contributed by atoms with Crippen LogP contribution in [0.1, 0.15) is 11.3 Å². The minimum Gasteiger partial charge on any atom is -0.454 e. The second-order valence-corrected chi connectivity index (χ2v) is 6.61. The zero-order valence-corrected chi connectivity index (χ0v) is 15.3. The molecule has 142 valence electrons. The van der Waals surface area contributed by atoms with E-state index in [0.717, 1.165) is 36.8 Å². The topological polar surface area (TPSA) is 77.0 Å². The average molecular weight is 370 g/mol. The van der Waals surface area contributed by atoms with Gasteiger partial charge in [-0.2, -0.15) is 0 Å². The first-order valence-corrected chi connectivity index (χ1v) is 8.98. The van der Waals surface area contributed by atoms with Gasteiger partial charge in [-0.05, 0) is 30.7 Å². The monoisotopic (exact) mass is 370 g/mol. The molecule has 0 N–H and O–H groups in total. The second-order valence-electron chi connectivity index (χ2n) is 6.61. The molecule has 27 heavy (non-hydrogen) atoms. The zero-order valence-electron chi connectivity index (χ0n) is 15.3. The van der Waals surface area contributed by atoms with Crippen LogP contribution in [0.3, 0.4) is 0 Å². The molecule has 0 atom stereocenters. The van der Waals surface area contributed by atoms with Gasteiger partial charge >= 0.3 is 6.01 Å². The molecule has 0 aliphatic carbocycles. The van der Waals surface area contributed by atoms with Crippen LogP contribution in [-0.4, -0.2) is 65.3 Å². The fourth-order valence-corrected chi connectivity index (χ4v) is 3.17. The fraction of sp³-hybridized carbons (Fsp3) is 0.421. The maximum atomic E-state index is 12.3. The number of aryl methyl sites for hydroxylation is 1. The van der Waals surface area contributed by atoms with Crippen LogP contribution in [0.15, 0.2) is 30.5 Å². The van der Waals surface area contributed by atoms with Crippen molar-refractivity contribution < 1.29 is 19.0 Å². The molecule has 1 amide bonds. The summed E-state index contributed by atoms with van der Waals surface area (Å²) in [7, 11) is 0. The van der Waals surface area contributed by atoms with E-state index in [1.54, 1.807) is 12.3 Å². The number of amides is 1. The third-order valence-electron chi connectivity index (χ3n) is 4.67. The molecule has 2 aromatic rings. The Morgan fingerprint density at radius 2 is 1.96 bits per heavy atom. The molecule has 0 bridgehead atoms. The average Bonchev–Trinajstić information content (AvgIpc) is 3.15. The smallest absolute Gasteiger partial charge is 0.317 e. The molecule has 0 unspecified atom stereocenters. The Hall–Kier alpha value is -2.87. The van der Waals surface area contributed by atoms with Crippen molar-refractivity contribution in [3.63, 3.8) is 0 Å². The summed E-state index contributed by atoms with van der Waals surface area (Å²) < 4.78 is 16.2. The van der Waals surface area contributed by atoms with Crippen molar-refractivity contribution >= 4 is 5.91 Å². The van der Waals surface area contributed by atoms with Gasteiger partial charge in [0.15, 0.2) is 18.1 Å². The highest BCUT2D eigenvalue weighted by Crippen LogP contribution is 2.32. The number of fused-ring (bicyclic) bond motifs is 1. The quantitative estimate of drug-likeness (QED) is 0.784. The molecule has 3 heterocycles. The van der Waals surface area contributed by atoms with Crippen molar-refractivity contribution in [2.24, 2.45) is 0 Å². The first-order valence-electron chi connectivity index (χ1n) is 8.98. The fourth-order valence-electron chi connectivity index (χ4n) is 3.17. The van der Waals surface area contributed by atoms with Crippen LogP contribution in [0, 0.1) is 6.92 Å². The third kappa shape index (κ3) is 4.28. The SMILES string of the molecule is Cc1ccnc(OCC(=O)N2CCN(Cc3ccc4c(c3)OCO4)CC2)n1. The lowest BCUT2D eigenvalue weighted by Crippen LogP contribution is -2.49. The highest BCUT2D eigenvalue weighted by molar-refractivity contribution is 5.77. The highest BCUT2D eigenvalue weighted by Gasteiger charge is 2.22. The molecular formula is C19H22N4O4. The molecule has 1 saturated heterocycles. The van der Waals surface area contributed by atoms with E-state index < -0.39 is 0 Å². The van der Waals surface area contributed by atoms with Gasteiger partial charge in [-0.3, -0.25) is 9.69 Å². The first kappa shape index (κ1) is 17.5. The van der Waals surface area contributed by atoms with E-state index in [2.05, 4.69) is 20.9 Å². The Bertz CT molecular complexity index is 821. The molecule has 2 aliphatic heterocycles. The summed E-state index contributed by atoms with van der Waals surface area (Å²) in [6.45, 7) is 5.94. The van der Waals surface area contributed by atoms with E-state index in [9.17, 15) is 4.79 Å². The third-order valence-corrected chi connectivity index (χ3v) is 4.67. The number of hydrogen-bond acceptors (Lipinski definition) is 7. The van der Waals surface area contributed by atoms with E-state index in [-0.39, 0.29) is 25.3 Å². The predicted molar refractivity (Wildman–Crippen MR) is 96.7 cm³/mol. The standard InChI is InChI=1S/C19H22N4O4/c1-14-4-5-20-19(21-14)25-12-18(24)23-8-6-22(7-9-23)11-15-2-3-16-17(10-15)27-13-26-16/h2-5,10H,6-9,11-13H2,1H3. The zero-order chi connectivity index (χ0) is 18.6. The first-order chi connectivity index (χ1) is 13.2. The number of aromatic nitrogens is 2. The summed E-state index contributed by atoms with van der Waals surface area (Å²) >= 11 is 0. The highest BCUT2D eigenvalue weighted by atomic mass is 16.7. The van der Waals surface area contributed by atoms with Gasteiger partial charge in [-0.1, -0.05) is 6.07 Å². The summed E-state index contributed by atoms with van der Waals surface area (Å²) in [5.74, 6) is 1.56. The number of nitrogens with zero attached hydrogens (tertiary/aromatic N) is 4. The van der Waals surface area contributed by atoms with Gasteiger partial charge < -0.3 is 19.1 Å². The number of carbonyl (C=O) groups is 1. The summed E-state index contributed by atoms with van der Waals surface area (Å²) in [5, 5.41) is 0. The molecule has 1 aromatic heterocycles. The van der Waals surface area contributed by atoms with Crippen LogP contribution in [-0.2, 0) is 11.3 Å². The second kappa shape index (κ2) is 7.79. The number of benzene rings is 1. The Morgan fingerprint density at radius 3 is 2.78 bits per heavy atom. The summed E-state index contributed by atoms with van der Waals surface area (Å²) in [6.07, 6.45) is 1.62. The maximum absolute atomic E-state index is 12.3. The molecule has 0 radical (unpaired) electrons. The van der Waals surface area contributed by atoms with Crippen molar-refractivity contribution in [2.45, 2.75) is 13.5 Å². The van der Waals surface area contributed by atoms with Gasteiger partial charge in [-0.25, -0.2) is 9.97 Å². The molecule has 0 saturated carbocycles. The van der Waals surface area contributed by atoms with E-state index in [4.69, 9.17) is 14.2 Å². The number of rotatable bonds is 5. The van der Waals surface area contributed by atoms with Gasteiger partial charge in [0.05, 0.1) is 0 Å². The molecule has 8 nitrogen and oxygen atoms in total. The number of ether oxygens (including phenoxy) is 3. The summed E-state index contributed by atoms with van der Waals surface area (Å²) in [6, 6.07) is 8.05. The van der Waals surface area contributed by atoms with E-state index in [1.165, 1.54) is 5.56 Å². The minimum absolute atomic E-state index is 0.0361. The van der Waals surface area contributed by atoms with Crippen LogP contribution in [0.4, 0.5) is 0 Å². The predicted octanol–water partition coefficient (Wildman–Crippen LogP) is 1.24. The van der Waals surface area contributed by atoms with Gasteiger partial charge in [-0.15, -0.1) is 0 Å². The van der Waals surface area contributed by atoms with Crippen LogP contribution in [0.2, 0.25) is 0 Å². The Labute approximate surface area is 157 Å². The van der Waals surface area contributed by atoms with Crippen LogP contribution in [0.5, 0.6) is 17.5 Å². The van der Waals surface area contributed by atoms with Gasteiger partial charge in [0, 0.05) is 44.6 Å². The van der Waals surface area contributed by atoms with Crippen molar-refractivity contribution in [3.05, 3.63) is 41.7 Å². The Balaban J connectivity index is 1.24. The largest absolute Gasteiger partial charge is 0.454 e. The van der Waals surface area contributed by atoms with Crippen LogP contribution >= 0.6 is 0 Å². The number of carbonyl (C=O) groups excluding carboxylic acids is 1. The van der Waals surface area contributed by atoms with Gasteiger partial charge in [0.1, 0.15) is 0 Å². The molecule has 8 heteroatoms. The number of hydrogen-bond donors (Lipinski definition) is 0. The Morgan fingerprint density at radius 1 is 1.15 bits per heavy atom. The molecule has 0 spiro atoms. The van der Waals surface area contributed by atoms with Crippen LogP contribution < -0.4 is 14.2 Å². The molecular weight excluding hydrogens is 348 g/mol. The summed E-state index contributed by atoms with van der Waals surface area (Å²) in [5.41, 5.74) is 1.99. The van der Waals surface area contributed by atoms with Crippen molar-refractivity contribution in [3.8, 4) is 17.5 Å². The molecule has 1 fully saturated rings. The van der Waals surface area contributed by atoms with Crippen LogP contribution in [0.25, 0.3) is 0 Å². The lowest BCUT2D eigenvalue weighted by molar-refractivity contribution is -0.135. The lowest BCUT2D eigenvalue weighted by atomic mass is 10.1. The van der Waals surface area contributed by atoms with E-state index >= 15 is 0 Å². The molecule has 2 aliphatic rings. The van der Waals surface area contributed by atoms with Crippen molar-refractivity contribution in [1.29, 1.82) is 0 Å². The van der Waals surface area contributed by atoms with Crippen molar-refractivity contribution in [2.75, 3.05) is 39.6 Å².